The van der Waals surface area contributed by atoms with Crippen LogP contribution >= 0.6 is 0 Å². The molecule has 0 unspecified atom stereocenters. The molecule has 1 fully saturated rings. The van der Waals surface area contributed by atoms with E-state index in [4.69, 9.17) is 4.52 Å². The molecule has 0 spiro atoms. The molecule has 0 aliphatic carbocycles. The van der Waals surface area contributed by atoms with Crippen molar-refractivity contribution >= 4 is 17.5 Å². The Morgan fingerprint density at radius 3 is 2.96 bits per heavy atom. The van der Waals surface area contributed by atoms with Crippen molar-refractivity contribution in [2.24, 2.45) is 0 Å². The molecule has 1 aromatic heterocycles. The van der Waals surface area contributed by atoms with Crippen molar-refractivity contribution in [2.45, 2.75) is 39.0 Å². The number of carbonyl (C=O) groups is 2. The number of rotatable bonds is 3. The van der Waals surface area contributed by atoms with Crippen molar-refractivity contribution in [3.8, 4) is 0 Å². The summed E-state index contributed by atoms with van der Waals surface area (Å²) in [6, 6.07) is 7.52. The van der Waals surface area contributed by atoms with Crippen molar-refractivity contribution in [3.05, 3.63) is 41.5 Å². The number of hydrogen-bond donors (Lipinski definition) is 1. The lowest BCUT2D eigenvalue weighted by molar-refractivity contribution is -0.144. The zero-order valence-corrected chi connectivity index (χ0v) is 14.5. The Hall–Kier alpha value is -2.70. The predicted molar refractivity (Wildman–Crippen MR) is 92.0 cm³/mol. The smallest absolute Gasteiger partial charge is 0.313 e. The lowest BCUT2D eigenvalue weighted by Crippen LogP contribution is -2.44. The van der Waals surface area contributed by atoms with Crippen LogP contribution in [0.2, 0.25) is 0 Å². The normalized spacial score (nSPS) is 17.4. The quantitative estimate of drug-likeness (QED) is 0.865. The molecule has 0 saturated carbocycles. The van der Waals surface area contributed by atoms with Gasteiger partial charge < -0.3 is 14.7 Å². The van der Waals surface area contributed by atoms with Gasteiger partial charge in [0.05, 0.1) is 5.92 Å². The first-order chi connectivity index (χ1) is 12.1. The molecule has 2 heterocycles. The fourth-order valence-corrected chi connectivity index (χ4v) is 3.04. The van der Waals surface area contributed by atoms with E-state index in [9.17, 15) is 9.59 Å². The van der Waals surface area contributed by atoms with E-state index in [0.29, 0.717) is 30.5 Å². The van der Waals surface area contributed by atoms with Crippen LogP contribution in [0.4, 0.5) is 5.69 Å². The summed E-state index contributed by atoms with van der Waals surface area (Å²) in [5.41, 5.74) is 1.74. The summed E-state index contributed by atoms with van der Waals surface area (Å²) < 4.78 is 5.21. The van der Waals surface area contributed by atoms with Gasteiger partial charge in [-0.2, -0.15) is 4.98 Å². The van der Waals surface area contributed by atoms with Crippen molar-refractivity contribution in [2.75, 3.05) is 18.4 Å². The van der Waals surface area contributed by atoms with E-state index in [1.54, 1.807) is 17.9 Å². The average molecular weight is 342 g/mol. The molecule has 0 radical (unpaired) electrons. The molecule has 0 bridgehead atoms. The van der Waals surface area contributed by atoms with Gasteiger partial charge in [-0.25, -0.2) is 0 Å². The molecule has 25 heavy (non-hydrogen) atoms. The fraction of sp³-hybridized carbons (Fsp3) is 0.444. The molecular formula is C18H22N4O3. The van der Waals surface area contributed by atoms with Gasteiger partial charge in [-0.05, 0) is 43.9 Å². The Morgan fingerprint density at radius 2 is 2.24 bits per heavy atom. The highest BCUT2D eigenvalue weighted by atomic mass is 16.5. The number of nitrogens with one attached hydrogen (secondary N) is 1. The lowest BCUT2D eigenvalue weighted by atomic mass is 9.98. The molecule has 132 valence electrons. The summed E-state index contributed by atoms with van der Waals surface area (Å²) >= 11 is 0. The number of nitrogens with zero attached hydrogens (tertiary/aromatic N) is 3. The molecule has 7 nitrogen and oxygen atoms in total. The minimum Gasteiger partial charge on any atom is -0.339 e. The maximum atomic E-state index is 12.5. The van der Waals surface area contributed by atoms with Crippen LogP contribution in [0.15, 0.2) is 28.8 Å². The molecular weight excluding hydrogens is 320 g/mol. The number of likely N-dealkylation sites (tertiary alicyclic amines) is 1. The average Bonchev–Trinajstić information content (AvgIpc) is 3.07. The Morgan fingerprint density at radius 1 is 1.40 bits per heavy atom. The molecule has 1 atom stereocenters. The molecule has 2 amide bonds. The van der Waals surface area contributed by atoms with E-state index in [0.717, 1.165) is 24.8 Å². The summed E-state index contributed by atoms with van der Waals surface area (Å²) in [7, 11) is 0. The van der Waals surface area contributed by atoms with Gasteiger partial charge in [-0.15, -0.1) is 0 Å². The van der Waals surface area contributed by atoms with E-state index in [2.05, 4.69) is 15.5 Å². The van der Waals surface area contributed by atoms with Crippen LogP contribution in [-0.4, -0.2) is 39.9 Å². The zero-order chi connectivity index (χ0) is 17.8. The first-order valence-electron chi connectivity index (χ1n) is 8.56. The minimum absolute atomic E-state index is 0.0184. The number of aromatic nitrogens is 2. The second-order valence-electron chi connectivity index (χ2n) is 6.28. The van der Waals surface area contributed by atoms with Gasteiger partial charge in [0.1, 0.15) is 0 Å². The first-order valence-corrected chi connectivity index (χ1v) is 8.56. The number of amides is 2. The van der Waals surface area contributed by atoms with Gasteiger partial charge in [0.2, 0.25) is 5.89 Å². The fourth-order valence-electron chi connectivity index (χ4n) is 3.04. The molecule has 1 aromatic carbocycles. The second-order valence-corrected chi connectivity index (χ2v) is 6.28. The van der Waals surface area contributed by atoms with E-state index >= 15 is 0 Å². The van der Waals surface area contributed by atoms with Crippen LogP contribution < -0.4 is 5.32 Å². The van der Waals surface area contributed by atoms with Crippen LogP contribution in [0.1, 0.15) is 43.0 Å². The van der Waals surface area contributed by atoms with E-state index in [1.807, 2.05) is 25.1 Å². The second kappa shape index (κ2) is 7.46. The largest absolute Gasteiger partial charge is 0.339 e. The Labute approximate surface area is 146 Å². The van der Waals surface area contributed by atoms with Crippen LogP contribution in [0.3, 0.4) is 0 Å². The van der Waals surface area contributed by atoms with Crippen LogP contribution in [0.25, 0.3) is 0 Å². The van der Waals surface area contributed by atoms with Gasteiger partial charge >= 0.3 is 11.8 Å². The zero-order valence-electron chi connectivity index (χ0n) is 14.5. The van der Waals surface area contributed by atoms with Gasteiger partial charge in [0, 0.05) is 18.8 Å². The monoisotopic (exact) mass is 342 g/mol. The Balaban J connectivity index is 1.64. The Bertz CT molecular complexity index is 771. The highest BCUT2D eigenvalue weighted by Crippen LogP contribution is 2.25. The van der Waals surface area contributed by atoms with Crippen LogP contribution in [0, 0.1) is 6.92 Å². The number of carbonyl (C=O) groups excluding carboxylic acids is 2. The van der Waals surface area contributed by atoms with Gasteiger partial charge in [0.15, 0.2) is 5.82 Å². The summed E-state index contributed by atoms with van der Waals surface area (Å²) in [6.07, 6.45) is 2.54. The minimum atomic E-state index is -0.615. The van der Waals surface area contributed by atoms with E-state index in [-0.39, 0.29) is 5.92 Å². The number of piperidine rings is 1. The molecule has 7 heteroatoms. The predicted octanol–water partition coefficient (Wildman–Crippen LogP) is 2.29. The molecule has 3 rings (SSSR count). The molecule has 1 saturated heterocycles. The third-order valence-electron chi connectivity index (χ3n) is 4.39. The first kappa shape index (κ1) is 17.1. The topological polar surface area (TPSA) is 88.3 Å². The summed E-state index contributed by atoms with van der Waals surface area (Å²) in [6.45, 7) is 4.78. The number of hydrogen-bond acceptors (Lipinski definition) is 5. The lowest BCUT2D eigenvalue weighted by Gasteiger charge is -2.30. The molecule has 1 aliphatic rings. The van der Waals surface area contributed by atoms with Crippen molar-refractivity contribution in [1.29, 1.82) is 0 Å². The molecule has 1 N–H and O–H groups in total. The summed E-state index contributed by atoms with van der Waals surface area (Å²) in [4.78, 5) is 30.6. The highest BCUT2D eigenvalue weighted by Gasteiger charge is 2.31. The van der Waals surface area contributed by atoms with E-state index < -0.39 is 11.8 Å². The number of anilines is 1. The number of benzene rings is 1. The van der Waals surface area contributed by atoms with Gasteiger partial charge in [-0.3, -0.25) is 9.59 Å². The summed E-state index contributed by atoms with van der Waals surface area (Å²) in [5.74, 6) is -0.0494. The SMILES string of the molecule is CCc1cccc(NC(=O)C(=O)N2CCC[C@@H](c3nc(C)no3)C2)c1. The standard InChI is InChI=1S/C18H22N4O3/c1-3-13-6-4-8-15(10-13)20-16(23)18(24)22-9-5-7-14(11-22)17-19-12(2)21-25-17/h4,6,8,10,14H,3,5,7,9,11H2,1-2H3,(H,20,23)/t14-/m1/s1. The Kier molecular flexibility index (Phi) is 5.11. The molecule has 1 aliphatic heterocycles. The maximum absolute atomic E-state index is 12.5. The van der Waals surface area contributed by atoms with Gasteiger partial charge in [-0.1, -0.05) is 24.2 Å². The number of aryl methyl sites for hydroxylation is 2. The van der Waals surface area contributed by atoms with Crippen molar-refractivity contribution in [3.63, 3.8) is 0 Å². The highest BCUT2D eigenvalue weighted by molar-refractivity contribution is 6.39. The third-order valence-corrected chi connectivity index (χ3v) is 4.39. The van der Waals surface area contributed by atoms with Crippen LogP contribution in [-0.2, 0) is 16.0 Å². The maximum Gasteiger partial charge on any atom is 0.313 e. The summed E-state index contributed by atoms with van der Waals surface area (Å²) in [5, 5.41) is 6.49. The van der Waals surface area contributed by atoms with Crippen molar-refractivity contribution < 1.29 is 14.1 Å². The third kappa shape index (κ3) is 4.04. The molecule has 2 aromatic rings. The van der Waals surface area contributed by atoms with E-state index in [1.165, 1.54) is 0 Å². The van der Waals surface area contributed by atoms with Crippen molar-refractivity contribution in [1.82, 2.24) is 15.0 Å². The van der Waals surface area contributed by atoms with Crippen LogP contribution in [0.5, 0.6) is 0 Å². The van der Waals surface area contributed by atoms with Gasteiger partial charge in [0.25, 0.3) is 0 Å².